The Morgan fingerprint density at radius 2 is 1.78 bits per heavy atom. The van der Waals surface area contributed by atoms with E-state index < -0.39 is 23.5 Å². The van der Waals surface area contributed by atoms with Crippen LogP contribution in [0.5, 0.6) is 11.5 Å². The molecule has 168 valence electrons. The van der Waals surface area contributed by atoms with Gasteiger partial charge in [0, 0.05) is 5.02 Å². The van der Waals surface area contributed by atoms with Crippen LogP contribution in [0, 0.1) is 17.3 Å². The Balaban J connectivity index is 1.23. The first-order valence-electron chi connectivity index (χ1n) is 11.0. The van der Waals surface area contributed by atoms with E-state index in [1.165, 1.54) is 0 Å². The fourth-order valence-corrected chi connectivity index (χ4v) is 6.40. The fraction of sp³-hybridized carbons (Fsp3) is 0.440. The van der Waals surface area contributed by atoms with Gasteiger partial charge in [0.05, 0.1) is 16.7 Å². The minimum absolute atomic E-state index is 0.367. The van der Waals surface area contributed by atoms with Crippen molar-refractivity contribution in [3.63, 3.8) is 0 Å². The second-order valence-corrected chi connectivity index (χ2v) is 10.1. The van der Waals surface area contributed by atoms with Crippen molar-refractivity contribution in [3.05, 3.63) is 53.6 Å². The summed E-state index contributed by atoms with van der Waals surface area (Å²) < 4.78 is 11.3. The van der Waals surface area contributed by atoms with Gasteiger partial charge in [0.15, 0.2) is 12.4 Å². The van der Waals surface area contributed by atoms with Gasteiger partial charge in [-0.25, -0.2) is 0 Å². The summed E-state index contributed by atoms with van der Waals surface area (Å²) in [5.41, 5.74) is -1.02. The third kappa shape index (κ3) is 4.21. The van der Waals surface area contributed by atoms with E-state index in [4.69, 9.17) is 21.1 Å². The first-order valence-corrected chi connectivity index (χ1v) is 11.4. The molecule has 6 nitrogen and oxygen atoms in total. The van der Waals surface area contributed by atoms with Gasteiger partial charge in [0.2, 0.25) is 0 Å². The summed E-state index contributed by atoms with van der Waals surface area (Å²) in [5, 5.41) is 14.0. The number of rotatable bonds is 6. The molecule has 0 saturated heterocycles. The number of carbonyl (C=O) groups excluding carboxylic acids is 2. The Labute approximate surface area is 191 Å². The Kier molecular flexibility index (Phi) is 5.38. The summed E-state index contributed by atoms with van der Waals surface area (Å²) in [4.78, 5) is 25.6. The van der Waals surface area contributed by atoms with Crippen LogP contribution in [-0.2, 0) is 14.3 Å². The predicted molar refractivity (Wildman–Crippen MR) is 120 cm³/mol. The fourth-order valence-electron chi connectivity index (χ4n) is 6.23. The Hall–Kier alpha value is -2.57. The number of anilines is 1. The van der Waals surface area contributed by atoms with Crippen molar-refractivity contribution in [2.75, 3.05) is 11.9 Å². The van der Waals surface area contributed by atoms with Gasteiger partial charge in [-0.05, 0) is 80.7 Å². The smallest absolute Gasteiger partial charge is 0.312 e. The molecule has 4 fully saturated rings. The van der Waals surface area contributed by atoms with Gasteiger partial charge >= 0.3 is 5.97 Å². The zero-order valence-electron chi connectivity index (χ0n) is 17.7. The van der Waals surface area contributed by atoms with Gasteiger partial charge in [0.25, 0.3) is 5.91 Å². The van der Waals surface area contributed by atoms with Crippen molar-refractivity contribution >= 4 is 29.2 Å². The normalized spacial score (nSPS) is 30.1. The van der Waals surface area contributed by atoms with Crippen LogP contribution in [-0.4, -0.2) is 29.2 Å². The van der Waals surface area contributed by atoms with E-state index in [2.05, 4.69) is 5.32 Å². The summed E-state index contributed by atoms with van der Waals surface area (Å²) in [6.07, 6.45) is 4.56. The molecule has 4 bridgehead atoms. The molecular weight excluding hydrogens is 430 g/mol. The van der Waals surface area contributed by atoms with Gasteiger partial charge in [-0.15, -0.1) is 0 Å². The average Bonchev–Trinajstić information content (AvgIpc) is 2.73. The lowest BCUT2D eigenvalue weighted by Crippen LogP contribution is -2.58. The van der Waals surface area contributed by atoms with Gasteiger partial charge in [0.1, 0.15) is 5.75 Å². The van der Waals surface area contributed by atoms with Crippen LogP contribution in [0.25, 0.3) is 0 Å². The van der Waals surface area contributed by atoms with Gasteiger partial charge in [-0.2, -0.15) is 0 Å². The molecule has 0 aromatic heterocycles. The molecule has 2 aromatic rings. The number of para-hydroxylation sites is 1. The monoisotopic (exact) mass is 455 g/mol. The summed E-state index contributed by atoms with van der Waals surface area (Å²) >= 11 is 6.10. The van der Waals surface area contributed by atoms with Crippen molar-refractivity contribution < 1.29 is 24.2 Å². The molecule has 1 amide bonds. The summed E-state index contributed by atoms with van der Waals surface area (Å²) in [7, 11) is 0. The molecule has 2 aromatic carbocycles. The lowest BCUT2D eigenvalue weighted by Gasteiger charge is -2.58. The van der Waals surface area contributed by atoms with Crippen LogP contribution >= 0.6 is 11.6 Å². The van der Waals surface area contributed by atoms with Crippen molar-refractivity contribution in [3.8, 4) is 11.5 Å². The molecule has 0 heterocycles. The number of ether oxygens (including phenoxy) is 2. The summed E-state index contributed by atoms with van der Waals surface area (Å²) in [6, 6.07) is 14.1. The molecule has 0 radical (unpaired) electrons. The number of amides is 1. The minimum Gasteiger partial charge on any atom is -0.455 e. The number of carbonyl (C=O) groups is 2. The molecule has 0 spiro atoms. The zero-order valence-corrected chi connectivity index (χ0v) is 18.4. The highest BCUT2D eigenvalue weighted by molar-refractivity contribution is 6.31. The van der Waals surface area contributed by atoms with E-state index in [0.717, 1.165) is 32.1 Å². The molecule has 6 rings (SSSR count). The number of esters is 1. The molecule has 2 atom stereocenters. The van der Waals surface area contributed by atoms with Gasteiger partial charge in [-0.1, -0.05) is 29.8 Å². The molecule has 2 unspecified atom stereocenters. The SMILES string of the molecule is O=C(COC(=O)C12CC3CC(CC(O)(C3)C1)C2)Nc1cc(Cl)ccc1Oc1ccccc1. The molecule has 4 aliphatic carbocycles. The molecule has 4 aliphatic rings. The van der Waals surface area contributed by atoms with Crippen molar-refractivity contribution in [2.24, 2.45) is 17.3 Å². The quantitative estimate of drug-likeness (QED) is 0.602. The molecule has 32 heavy (non-hydrogen) atoms. The van der Waals surface area contributed by atoms with Gasteiger partial charge < -0.3 is 19.9 Å². The number of nitrogens with one attached hydrogen (secondary N) is 1. The number of hydrogen-bond donors (Lipinski definition) is 2. The van der Waals surface area contributed by atoms with Crippen LogP contribution in [0.1, 0.15) is 38.5 Å². The topological polar surface area (TPSA) is 84.9 Å². The lowest BCUT2D eigenvalue weighted by atomic mass is 9.48. The third-order valence-corrected chi connectivity index (χ3v) is 7.22. The molecule has 0 aliphatic heterocycles. The van der Waals surface area contributed by atoms with Crippen molar-refractivity contribution in [1.29, 1.82) is 0 Å². The predicted octanol–water partition coefficient (Wildman–Crippen LogP) is 4.95. The summed E-state index contributed by atoms with van der Waals surface area (Å²) in [6.45, 7) is -0.397. The highest BCUT2D eigenvalue weighted by Crippen LogP contribution is 2.62. The van der Waals surface area contributed by atoms with E-state index in [0.29, 0.717) is 40.5 Å². The molecular formula is C25H26ClNO5. The maximum atomic E-state index is 13.0. The van der Waals surface area contributed by atoms with Crippen LogP contribution in [0.4, 0.5) is 5.69 Å². The standard InChI is InChI=1S/C25H26ClNO5/c26-18-6-7-21(32-19-4-2-1-3-5-19)20(9-18)27-22(28)14-31-23(29)24-10-16-8-17(11-24)13-25(30,12-16)15-24/h1-7,9,16-17,30H,8,10-15H2,(H,27,28). The van der Waals surface area contributed by atoms with E-state index in [1.807, 2.05) is 18.2 Å². The largest absolute Gasteiger partial charge is 0.455 e. The zero-order chi connectivity index (χ0) is 22.3. The van der Waals surface area contributed by atoms with Crippen LogP contribution in [0.2, 0.25) is 5.02 Å². The van der Waals surface area contributed by atoms with E-state index >= 15 is 0 Å². The highest BCUT2D eigenvalue weighted by atomic mass is 35.5. The average molecular weight is 456 g/mol. The van der Waals surface area contributed by atoms with Crippen LogP contribution in [0.15, 0.2) is 48.5 Å². The van der Waals surface area contributed by atoms with Crippen molar-refractivity contribution in [1.82, 2.24) is 0 Å². The number of halogens is 1. The second-order valence-electron chi connectivity index (χ2n) is 9.65. The molecule has 7 heteroatoms. The van der Waals surface area contributed by atoms with E-state index in [1.54, 1.807) is 30.3 Å². The minimum atomic E-state index is -0.754. The Bertz CT molecular complexity index is 1030. The number of hydrogen-bond acceptors (Lipinski definition) is 5. The lowest BCUT2D eigenvalue weighted by molar-refractivity contribution is -0.196. The maximum Gasteiger partial charge on any atom is 0.312 e. The first-order chi connectivity index (χ1) is 15.3. The first kappa shape index (κ1) is 21.3. The van der Waals surface area contributed by atoms with Crippen LogP contribution in [0.3, 0.4) is 0 Å². The highest BCUT2D eigenvalue weighted by Gasteiger charge is 2.60. The third-order valence-electron chi connectivity index (χ3n) is 6.98. The van der Waals surface area contributed by atoms with Crippen LogP contribution < -0.4 is 10.1 Å². The number of aliphatic hydroxyl groups is 1. The number of benzene rings is 2. The van der Waals surface area contributed by atoms with Gasteiger partial charge in [-0.3, -0.25) is 9.59 Å². The Morgan fingerprint density at radius 1 is 1.06 bits per heavy atom. The molecule has 4 saturated carbocycles. The molecule has 2 N–H and O–H groups in total. The second kappa shape index (κ2) is 8.09. The Morgan fingerprint density at radius 3 is 2.47 bits per heavy atom. The van der Waals surface area contributed by atoms with E-state index in [-0.39, 0.29) is 5.97 Å². The summed E-state index contributed by atoms with van der Waals surface area (Å²) in [5.74, 6) is 0.952. The maximum absolute atomic E-state index is 13.0. The van der Waals surface area contributed by atoms with E-state index in [9.17, 15) is 14.7 Å². The van der Waals surface area contributed by atoms with Crippen molar-refractivity contribution in [2.45, 2.75) is 44.1 Å².